The van der Waals surface area contributed by atoms with E-state index >= 15 is 0 Å². The predicted molar refractivity (Wildman–Crippen MR) is 122 cm³/mol. The van der Waals surface area contributed by atoms with E-state index in [-0.39, 0.29) is 12.5 Å². The summed E-state index contributed by atoms with van der Waals surface area (Å²) in [4.78, 5) is 17.9. The standard InChI is InChI=1S/C24H24N2O2S/c1-17-11-12-20(13-18(17)2)26-24(27)16-28-21-8-6-7-19(14-21)15-25-22-9-4-5-10-23(22)29-3/h4-15H,16H2,1-3H3,(H,26,27). The van der Waals surface area contributed by atoms with Gasteiger partial charge in [0.15, 0.2) is 6.61 Å². The number of ether oxygens (including phenoxy) is 1. The number of hydrogen-bond acceptors (Lipinski definition) is 4. The summed E-state index contributed by atoms with van der Waals surface area (Å²) >= 11 is 1.66. The van der Waals surface area contributed by atoms with Gasteiger partial charge in [-0.25, -0.2) is 0 Å². The molecule has 0 saturated heterocycles. The molecule has 3 aromatic carbocycles. The Hall–Kier alpha value is -3.05. The second-order valence-electron chi connectivity index (χ2n) is 6.64. The topological polar surface area (TPSA) is 50.7 Å². The van der Waals surface area contributed by atoms with Crippen LogP contribution in [0.15, 0.2) is 76.6 Å². The summed E-state index contributed by atoms with van der Waals surface area (Å²) in [5, 5.41) is 2.86. The molecule has 148 valence electrons. The lowest BCUT2D eigenvalue weighted by Gasteiger charge is -2.09. The van der Waals surface area contributed by atoms with Crippen molar-refractivity contribution in [1.82, 2.24) is 0 Å². The Bertz CT molecular complexity index is 1030. The lowest BCUT2D eigenvalue weighted by molar-refractivity contribution is -0.118. The molecule has 29 heavy (non-hydrogen) atoms. The summed E-state index contributed by atoms with van der Waals surface area (Å²) in [5.41, 5.74) is 4.94. The molecule has 3 rings (SSSR count). The zero-order valence-corrected chi connectivity index (χ0v) is 17.6. The number of aliphatic imine (C=N–C) groups is 1. The molecule has 0 fully saturated rings. The Morgan fingerprint density at radius 3 is 2.66 bits per heavy atom. The van der Waals surface area contributed by atoms with E-state index in [0.717, 1.165) is 27.4 Å². The number of carbonyl (C=O) groups excluding carboxylic acids is 1. The first-order valence-corrected chi connectivity index (χ1v) is 10.5. The Morgan fingerprint density at radius 2 is 1.86 bits per heavy atom. The van der Waals surface area contributed by atoms with E-state index in [1.807, 2.05) is 86.8 Å². The van der Waals surface area contributed by atoms with Crippen molar-refractivity contribution in [2.45, 2.75) is 18.7 Å². The molecule has 0 spiro atoms. The molecule has 0 unspecified atom stereocenters. The number of anilines is 1. The third-order valence-corrected chi connectivity index (χ3v) is 5.24. The molecule has 0 aliphatic heterocycles. The van der Waals surface area contributed by atoms with Crippen LogP contribution in [-0.2, 0) is 4.79 Å². The lowest BCUT2D eigenvalue weighted by Crippen LogP contribution is -2.20. The summed E-state index contributed by atoms with van der Waals surface area (Å²) in [7, 11) is 0. The maximum absolute atomic E-state index is 12.2. The van der Waals surface area contributed by atoms with Crippen molar-refractivity contribution >= 4 is 35.3 Å². The van der Waals surface area contributed by atoms with Crippen molar-refractivity contribution in [1.29, 1.82) is 0 Å². The minimum Gasteiger partial charge on any atom is -0.484 e. The summed E-state index contributed by atoms with van der Waals surface area (Å²) in [6.07, 6.45) is 3.84. The van der Waals surface area contributed by atoms with Gasteiger partial charge in [0.05, 0.1) is 5.69 Å². The zero-order valence-electron chi connectivity index (χ0n) is 16.8. The number of amides is 1. The monoisotopic (exact) mass is 404 g/mol. The van der Waals surface area contributed by atoms with Gasteiger partial charge in [0, 0.05) is 16.8 Å². The van der Waals surface area contributed by atoms with Crippen LogP contribution in [0.25, 0.3) is 0 Å². The largest absolute Gasteiger partial charge is 0.484 e. The van der Waals surface area contributed by atoms with Gasteiger partial charge in [-0.3, -0.25) is 9.79 Å². The highest BCUT2D eigenvalue weighted by atomic mass is 32.2. The molecule has 4 nitrogen and oxygen atoms in total. The van der Waals surface area contributed by atoms with E-state index in [1.54, 1.807) is 18.0 Å². The summed E-state index contributed by atoms with van der Waals surface area (Å²) in [6, 6.07) is 21.4. The van der Waals surface area contributed by atoms with Gasteiger partial charge in [0.25, 0.3) is 5.91 Å². The van der Waals surface area contributed by atoms with Crippen LogP contribution >= 0.6 is 11.8 Å². The van der Waals surface area contributed by atoms with E-state index in [9.17, 15) is 4.79 Å². The first-order valence-electron chi connectivity index (χ1n) is 9.32. The second kappa shape index (κ2) is 9.94. The average molecular weight is 405 g/mol. The van der Waals surface area contributed by atoms with Gasteiger partial charge >= 0.3 is 0 Å². The number of nitrogens with one attached hydrogen (secondary N) is 1. The van der Waals surface area contributed by atoms with Crippen molar-refractivity contribution in [2.75, 3.05) is 18.2 Å². The average Bonchev–Trinajstić information content (AvgIpc) is 2.74. The van der Waals surface area contributed by atoms with Gasteiger partial charge in [0.2, 0.25) is 0 Å². The highest BCUT2D eigenvalue weighted by Crippen LogP contribution is 2.27. The molecule has 0 radical (unpaired) electrons. The Balaban J connectivity index is 1.60. The first-order chi connectivity index (χ1) is 14.0. The van der Waals surface area contributed by atoms with Crippen molar-refractivity contribution in [3.8, 4) is 5.75 Å². The maximum Gasteiger partial charge on any atom is 0.262 e. The molecule has 0 aliphatic carbocycles. The van der Waals surface area contributed by atoms with Crippen LogP contribution < -0.4 is 10.1 Å². The molecule has 0 heterocycles. The number of benzene rings is 3. The van der Waals surface area contributed by atoms with Crippen LogP contribution in [0.1, 0.15) is 16.7 Å². The van der Waals surface area contributed by atoms with Crippen LogP contribution in [0.2, 0.25) is 0 Å². The SMILES string of the molecule is CSc1ccccc1N=Cc1cccc(OCC(=O)Nc2ccc(C)c(C)c2)c1. The highest BCUT2D eigenvalue weighted by Gasteiger charge is 2.05. The number of rotatable bonds is 7. The minimum atomic E-state index is -0.193. The van der Waals surface area contributed by atoms with Gasteiger partial charge in [0.1, 0.15) is 5.75 Å². The lowest BCUT2D eigenvalue weighted by atomic mass is 10.1. The fourth-order valence-electron chi connectivity index (χ4n) is 2.73. The normalized spacial score (nSPS) is 10.9. The smallest absolute Gasteiger partial charge is 0.262 e. The molecule has 5 heteroatoms. The van der Waals surface area contributed by atoms with Crippen molar-refractivity contribution in [3.63, 3.8) is 0 Å². The third-order valence-electron chi connectivity index (χ3n) is 4.46. The molecule has 0 atom stereocenters. The summed E-state index contributed by atoms with van der Waals surface area (Å²) < 4.78 is 5.65. The number of hydrogen-bond donors (Lipinski definition) is 1. The quantitative estimate of drug-likeness (QED) is 0.400. The number of carbonyl (C=O) groups is 1. The van der Waals surface area contributed by atoms with E-state index < -0.39 is 0 Å². The summed E-state index contributed by atoms with van der Waals surface area (Å²) in [5.74, 6) is 0.434. The third kappa shape index (κ3) is 5.96. The predicted octanol–water partition coefficient (Wildman–Crippen LogP) is 5.79. The van der Waals surface area contributed by atoms with Crippen LogP contribution in [0.5, 0.6) is 5.75 Å². The fourth-order valence-corrected chi connectivity index (χ4v) is 3.27. The molecular weight excluding hydrogens is 380 g/mol. The fraction of sp³-hybridized carbons (Fsp3) is 0.167. The van der Waals surface area contributed by atoms with E-state index in [4.69, 9.17) is 4.74 Å². The molecule has 0 saturated carbocycles. The number of para-hydroxylation sites is 1. The van der Waals surface area contributed by atoms with Crippen LogP contribution in [0.3, 0.4) is 0 Å². The van der Waals surface area contributed by atoms with Crippen molar-refractivity contribution in [2.24, 2.45) is 4.99 Å². The van der Waals surface area contributed by atoms with Gasteiger partial charge in [-0.05, 0) is 73.2 Å². The van der Waals surface area contributed by atoms with Gasteiger partial charge in [-0.15, -0.1) is 11.8 Å². The molecule has 0 bridgehead atoms. The van der Waals surface area contributed by atoms with Crippen molar-refractivity contribution in [3.05, 3.63) is 83.4 Å². The first kappa shape index (κ1) is 20.7. The highest BCUT2D eigenvalue weighted by molar-refractivity contribution is 7.98. The molecular formula is C24H24N2O2S. The van der Waals surface area contributed by atoms with Gasteiger partial charge in [-0.1, -0.05) is 30.3 Å². The van der Waals surface area contributed by atoms with Crippen molar-refractivity contribution < 1.29 is 9.53 Å². The molecule has 0 aromatic heterocycles. The van der Waals surface area contributed by atoms with Crippen LogP contribution in [0, 0.1) is 13.8 Å². The molecule has 1 amide bonds. The van der Waals surface area contributed by atoms with E-state index in [2.05, 4.69) is 10.3 Å². The minimum absolute atomic E-state index is 0.0527. The molecule has 0 aliphatic rings. The van der Waals surface area contributed by atoms with E-state index in [0.29, 0.717) is 5.75 Å². The molecule has 3 aromatic rings. The Labute approximate surface area is 176 Å². The Morgan fingerprint density at radius 1 is 1.03 bits per heavy atom. The summed E-state index contributed by atoms with van der Waals surface area (Å²) in [6.45, 7) is 4.01. The number of aryl methyl sites for hydroxylation is 2. The Kier molecular flexibility index (Phi) is 7.09. The van der Waals surface area contributed by atoms with Gasteiger partial charge in [-0.2, -0.15) is 0 Å². The maximum atomic E-state index is 12.2. The molecule has 1 N–H and O–H groups in total. The zero-order chi connectivity index (χ0) is 20.6. The van der Waals surface area contributed by atoms with E-state index in [1.165, 1.54) is 5.56 Å². The van der Waals surface area contributed by atoms with Crippen LogP contribution in [-0.4, -0.2) is 25.0 Å². The number of nitrogens with zero attached hydrogens (tertiary/aromatic N) is 1. The second-order valence-corrected chi connectivity index (χ2v) is 7.49. The number of thioether (sulfide) groups is 1. The van der Waals surface area contributed by atoms with Crippen LogP contribution in [0.4, 0.5) is 11.4 Å². The van der Waals surface area contributed by atoms with Gasteiger partial charge < -0.3 is 10.1 Å².